The number of hydrogen-bond acceptors (Lipinski definition) is 3. The Morgan fingerprint density at radius 3 is 2.00 bits per heavy atom. The molecule has 102 valence electrons. The Kier molecular flexibility index (Phi) is 2.74. The first kappa shape index (κ1) is 13.3. The first-order chi connectivity index (χ1) is 8.10. The normalized spacial score (nSPS) is 39.6. The average molecular weight is 255 g/mol. The molecule has 0 aromatic rings. The summed E-state index contributed by atoms with van der Waals surface area (Å²) < 4.78 is 0. The second kappa shape index (κ2) is 3.70. The van der Waals surface area contributed by atoms with Crippen molar-refractivity contribution >= 4 is 11.9 Å². The summed E-state index contributed by atoms with van der Waals surface area (Å²) in [6, 6.07) is -0.0640. The van der Waals surface area contributed by atoms with Crippen molar-refractivity contribution in [3.05, 3.63) is 0 Å². The molecule has 2 fully saturated rings. The van der Waals surface area contributed by atoms with Crippen LogP contribution in [0.25, 0.3) is 0 Å². The standard InChI is InChI=1S/C13H21NO4/c1-12(2)6(5-7(12)15)14-10(16)8-9(11(17)18)13(8,3)4/h6-9,15H,5H2,1-4H3,(H,14,16)(H,17,18)/t6?,7?,8-,9+/m1/s1. The third kappa shape index (κ3) is 1.72. The zero-order chi connectivity index (χ0) is 13.9. The van der Waals surface area contributed by atoms with Gasteiger partial charge in [-0.2, -0.15) is 0 Å². The number of aliphatic hydroxyl groups is 1. The van der Waals surface area contributed by atoms with E-state index < -0.39 is 29.3 Å². The van der Waals surface area contributed by atoms with Gasteiger partial charge in [-0.15, -0.1) is 0 Å². The topological polar surface area (TPSA) is 86.6 Å². The Balaban J connectivity index is 1.97. The molecule has 2 rings (SSSR count). The summed E-state index contributed by atoms with van der Waals surface area (Å²) in [5.41, 5.74) is -0.796. The number of carbonyl (C=O) groups is 2. The van der Waals surface area contributed by atoms with Crippen LogP contribution < -0.4 is 5.32 Å². The van der Waals surface area contributed by atoms with Crippen LogP contribution >= 0.6 is 0 Å². The van der Waals surface area contributed by atoms with Crippen molar-refractivity contribution in [2.75, 3.05) is 0 Å². The van der Waals surface area contributed by atoms with Gasteiger partial charge in [-0.3, -0.25) is 9.59 Å². The Hall–Kier alpha value is -1.10. The minimum Gasteiger partial charge on any atom is -0.481 e. The molecule has 0 spiro atoms. The van der Waals surface area contributed by atoms with Crippen LogP contribution in [-0.4, -0.2) is 34.2 Å². The molecule has 18 heavy (non-hydrogen) atoms. The summed E-state index contributed by atoms with van der Waals surface area (Å²) in [5, 5.41) is 21.5. The molecule has 0 heterocycles. The van der Waals surface area contributed by atoms with Gasteiger partial charge < -0.3 is 15.5 Å². The molecule has 2 unspecified atom stereocenters. The van der Waals surface area contributed by atoms with Crippen LogP contribution in [0.4, 0.5) is 0 Å². The average Bonchev–Trinajstić information content (AvgIpc) is 2.81. The lowest BCUT2D eigenvalue weighted by Gasteiger charge is -2.49. The fraction of sp³-hybridized carbons (Fsp3) is 0.846. The van der Waals surface area contributed by atoms with Crippen molar-refractivity contribution in [2.24, 2.45) is 22.7 Å². The van der Waals surface area contributed by atoms with E-state index in [0.29, 0.717) is 6.42 Å². The number of rotatable bonds is 3. The molecule has 0 saturated heterocycles. The molecule has 5 heteroatoms. The minimum atomic E-state index is -0.909. The lowest BCUT2D eigenvalue weighted by Crippen LogP contribution is -2.61. The molecule has 0 aromatic carbocycles. The first-order valence-corrected chi connectivity index (χ1v) is 6.31. The van der Waals surface area contributed by atoms with Gasteiger partial charge in [0.15, 0.2) is 0 Å². The monoisotopic (exact) mass is 255 g/mol. The third-order valence-electron chi connectivity index (χ3n) is 4.91. The Labute approximate surface area is 107 Å². The van der Waals surface area contributed by atoms with Crippen LogP contribution in [0.1, 0.15) is 34.1 Å². The van der Waals surface area contributed by atoms with Crippen LogP contribution in [0.2, 0.25) is 0 Å². The Morgan fingerprint density at radius 1 is 1.11 bits per heavy atom. The summed E-state index contributed by atoms with van der Waals surface area (Å²) in [7, 11) is 0. The highest BCUT2D eigenvalue weighted by molar-refractivity contribution is 5.91. The molecule has 3 N–H and O–H groups in total. The number of nitrogens with one attached hydrogen (secondary N) is 1. The highest BCUT2D eigenvalue weighted by atomic mass is 16.4. The van der Waals surface area contributed by atoms with Gasteiger partial charge >= 0.3 is 5.97 Å². The van der Waals surface area contributed by atoms with Crippen LogP contribution in [0.5, 0.6) is 0 Å². The molecule has 0 aliphatic heterocycles. The number of aliphatic hydroxyl groups excluding tert-OH is 1. The van der Waals surface area contributed by atoms with Crippen molar-refractivity contribution in [1.82, 2.24) is 5.32 Å². The number of carbonyl (C=O) groups excluding carboxylic acids is 1. The number of hydrogen-bond donors (Lipinski definition) is 3. The van der Waals surface area contributed by atoms with Crippen molar-refractivity contribution in [2.45, 2.75) is 46.3 Å². The summed E-state index contributed by atoms with van der Waals surface area (Å²) in [4.78, 5) is 23.1. The largest absolute Gasteiger partial charge is 0.481 e. The lowest BCUT2D eigenvalue weighted by molar-refractivity contribution is -0.141. The van der Waals surface area contributed by atoms with Crippen molar-refractivity contribution in [3.8, 4) is 0 Å². The summed E-state index contributed by atoms with van der Waals surface area (Å²) in [6.07, 6.45) is 0.147. The van der Waals surface area contributed by atoms with E-state index in [0.717, 1.165) is 0 Å². The molecule has 4 atom stereocenters. The van der Waals surface area contributed by atoms with Crippen LogP contribution in [0.3, 0.4) is 0 Å². The molecule has 1 amide bonds. The molecule has 2 aliphatic carbocycles. The Bertz CT molecular complexity index is 402. The predicted molar refractivity (Wildman–Crippen MR) is 64.7 cm³/mol. The van der Waals surface area contributed by atoms with E-state index in [1.807, 2.05) is 13.8 Å². The number of aliphatic carboxylic acids is 1. The van der Waals surface area contributed by atoms with Gasteiger partial charge in [0.1, 0.15) is 0 Å². The zero-order valence-electron chi connectivity index (χ0n) is 11.2. The van der Waals surface area contributed by atoms with Crippen LogP contribution in [0.15, 0.2) is 0 Å². The Morgan fingerprint density at radius 2 is 1.67 bits per heavy atom. The number of carboxylic acids is 1. The van der Waals surface area contributed by atoms with E-state index in [4.69, 9.17) is 5.11 Å². The maximum Gasteiger partial charge on any atom is 0.307 e. The SMILES string of the molecule is CC1(C)C(O)CC1NC(=O)[C@H]1[C@@H](C(=O)O)C1(C)C. The van der Waals surface area contributed by atoms with Gasteiger partial charge in [-0.1, -0.05) is 27.7 Å². The fourth-order valence-electron chi connectivity index (χ4n) is 3.00. The van der Waals surface area contributed by atoms with Crippen LogP contribution in [-0.2, 0) is 9.59 Å². The van der Waals surface area contributed by atoms with Gasteiger partial charge in [0, 0.05) is 11.5 Å². The van der Waals surface area contributed by atoms with E-state index in [9.17, 15) is 14.7 Å². The smallest absolute Gasteiger partial charge is 0.307 e. The van der Waals surface area contributed by atoms with Gasteiger partial charge in [-0.05, 0) is 11.8 Å². The van der Waals surface area contributed by atoms with Crippen molar-refractivity contribution in [3.63, 3.8) is 0 Å². The second-order valence-electron chi connectivity index (χ2n) is 6.75. The molecule has 5 nitrogen and oxygen atoms in total. The summed E-state index contributed by atoms with van der Waals surface area (Å²) >= 11 is 0. The highest BCUT2D eigenvalue weighted by Gasteiger charge is 2.66. The third-order valence-corrected chi connectivity index (χ3v) is 4.91. The van der Waals surface area contributed by atoms with Gasteiger partial charge in [-0.25, -0.2) is 0 Å². The van der Waals surface area contributed by atoms with E-state index in [-0.39, 0.29) is 17.4 Å². The fourth-order valence-corrected chi connectivity index (χ4v) is 3.00. The van der Waals surface area contributed by atoms with Crippen molar-refractivity contribution < 1.29 is 19.8 Å². The van der Waals surface area contributed by atoms with Crippen molar-refractivity contribution in [1.29, 1.82) is 0 Å². The molecule has 2 aliphatic rings. The molecule has 0 radical (unpaired) electrons. The first-order valence-electron chi connectivity index (χ1n) is 6.31. The minimum absolute atomic E-state index is 0.0640. The van der Waals surface area contributed by atoms with E-state index in [2.05, 4.69) is 5.32 Å². The predicted octanol–water partition coefficient (Wildman–Crippen LogP) is 0.619. The zero-order valence-corrected chi connectivity index (χ0v) is 11.2. The van der Waals surface area contributed by atoms with E-state index in [1.165, 1.54) is 0 Å². The number of carboxylic acid groups (broad SMARTS) is 1. The van der Waals surface area contributed by atoms with E-state index >= 15 is 0 Å². The highest BCUT2D eigenvalue weighted by Crippen LogP contribution is 2.58. The van der Waals surface area contributed by atoms with Gasteiger partial charge in [0.05, 0.1) is 17.9 Å². The van der Waals surface area contributed by atoms with Crippen LogP contribution in [0, 0.1) is 22.7 Å². The molecular formula is C13H21NO4. The van der Waals surface area contributed by atoms with Gasteiger partial charge in [0.25, 0.3) is 0 Å². The quantitative estimate of drug-likeness (QED) is 0.690. The summed E-state index contributed by atoms with van der Waals surface area (Å²) in [5.74, 6) is -2.15. The van der Waals surface area contributed by atoms with Gasteiger partial charge in [0.2, 0.25) is 5.91 Å². The molecule has 0 bridgehead atoms. The molecule has 0 aromatic heterocycles. The molecule has 2 saturated carbocycles. The van der Waals surface area contributed by atoms with E-state index in [1.54, 1.807) is 13.8 Å². The maximum atomic E-state index is 12.1. The lowest BCUT2D eigenvalue weighted by atomic mass is 9.64. The second-order valence-corrected chi connectivity index (χ2v) is 6.75. The summed E-state index contributed by atoms with van der Waals surface area (Å²) in [6.45, 7) is 7.41. The molecular weight excluding hydrogens is 234 g/mol. The number of amides is 1. The maximum absolute atomic E-state index is 12.1.